The fraction of sp³-hybridized carbons (Fsp3) is 0.353. The lowest BCUT2D eigenvalue weighted by Crippen LogP contribution is -2.41. The van der Waals surface area contributed by atoms with Crippen LogP contribution in [-0.4, -0.2) is 37.7 Å². The normalized spacial score (nSPS) is 20.0. The molecule has 1 N–H and O–H groups in total. The molecule has 1 aliphatic heterocycles. The Morgan fingerprint density at radius 3 is 2.60 bits per heavy atom. The fourth-order valence-corrected chi connectivity index (χ4v) is 3.06. The van der Waals surface area contributed by atoms with E-state index < -0.39 is 17.4 Å². The highest BCUT2D eigenvalue weighted by Gasteiger charge is 2.35. The number of β-amino-alcohol motifs (C(OH)–C–C–N with tert-alkyl or cyclic N) is 1. The highest BCUT2D eigenvalue weighted by atomic mass is 19.1. The van der Waals surface area contributed by atoms with Crippen molar-refractivity contribution in [1.29, 1.82) is 0 Å². The van der Waals surface area contributed by atoms with Gasteiger partial charge in [0.05, 0.1) is 12.1 Å². The van der Waals surface area contributed by atoms with E-state index in [0.717, 1.165) is 14.7 Å². The molecule has 2 heterocycles. The van der Waals surface area contributed by atoms with Gasteiger partial charge in [0.2, 0.25) is 5.91 Å². The van der Waals surface area contributed by atoms with Gasteiger partial charge in [-0.15, -0.1) is 0 Å². The third-order valence-electron chi connectivity index (χ3n) is 4.42. The molecular formula is C17H18FN3O4. The number of aliphatic hydroxyl groups is 1. The number of carbonyl (C=O) groups excluding carboxylic acids is 1. The van der Waals surface area contributed by atoms with E-state index in [1.165, 1.54) is 36.3 Å². The molecule has 3 rings (SSSR count). The zero-order chi connectivity index (χ0) is 18.1. The molecule has 1 amide bonds. The average Bonchev–Trinajstić information content (AvgIpc) is 2.98. The van der Waals surface area contributed by atoms with Gasteiger partial charge in [-0.25, -0.2) is 9.18 Å². The van der Waals surface area contributed by atoms with Crippen LogP contribution in [0.15, 0.2) is 46.1 Å². The lowest BCUT2D eigenvalue weighted by atomic mass is 10.0. The van der Waals surface area contributed by atoms with Gasteiger partial charge in [0, 0.05) is 25.9 Å². The second-order valence-electron chi connectivity index (χ2n) is 6.13. The summed E-state index contributed by atoms with van der Waals surface area (Å²) in [5, 5.41) is 9.95. The van der Waals surface area contributed by atoms with E-state index >= 15 is 0 Å². The van der Waals surface area contributed by atoms with Crippen LogP contribution in [-0.2, 0) is 18.4 Å². The smallest absolute Gasteiger partial charge is 0.331 e. The van der Waals surface area contributed by atoms with E-state index in [2.05, 4.69) is 0 Å². The fourth-order valence-electron chi connectivity index (χ4n) is 3.06. The summed E-state index contributed by atoms with van der Waals surface area (Å²) >= 11 is 0. The molecule has 0 spiro atoms. The maximum Gasteiger partial charge on any atom is 0.331 e. The van der Waals surface area contributed by atoms with E-state index in [1.54, 1.807) is 12.1 Å². The van der Waals surface area contributed by atoms with Gasteiger partial charge in [0.15, 0.2) is 0 Å². The predicted octanol–water partition coefficient (Wildman–Crippen LogP) is 0.0206. The van der Waals surface area contributed by atoms with E-state index in [4.69, 9.17) is 0 Å². The molecule has 1 fully saturated rings. The Morgan fingerprint density at radius 2 is 1.92 bits per heavy atom. The van der Waals surface area contributed by atoms with Crippen LogP contribution in [0.25, 0.3) is 0 Å². The second-order valence-corrected chi connectivity index (χ2v) is 6.13. The summed E-state index contributed by atoms with van der Waals surface area (Å²) in [6.07, 6.45) is 0.942. The summed E-state index contributed by atoms with van der Waals surface area (Å²) in [5.41, 5.74) is -0.312. The van der Waals surface area contributed by atoms with Crippen molar-refractivity contribution in [3.05, 3.63) is 68.7 Å². The Hall–Kier alpha value is -2.74. The number of halogens is 1. The Balaban J connectivity index is 1.85. The molecule has 1 aromatic heterocycles. The zero-order valence-corrected chi connectivity index (χ0v) is 13.6. The first-order valence-corrected chi connectivity index (χ1v) is 7.86. The largest absolute Gasteiger partial charge is 0.391 e. The number of nitrogens with zero attached hydrogens (tertiary/aromatic N) is 3. The first-order valence-electron chi connectivity index (χ1n) is 7.86. The van der Waals surface area contributed by atoms with Crippen molar-refractivity contribution in [2.45, 2.75) is 25.1 Å². The van der Waals surface area contributed by atoms with Crippen molar-refractivity contribution in [2.75, 3.05) is 6.54 Å². The molecule has 0 saturated carbocycles. The third-order valence-corrected chi connectivity index (χ3v) is 4.42. The van der Waals surface area contributed by atoms with Crippen LogP contribution in [0, 0.1) is 5.82 Å². The van der Waals surface area contributed by atoms with Crippen molar-refractivity contribution in [3.63, 3.8) is 0 Å². The number of aromatic nitrogens is 2. The summed E-state index contributed by atoms with van der Waals surface area (Å²) in [5.74, 6) is -0.733. The summed E-state index contributed by atoms with van der Waals surface area (Å²) in [4.78, 5) is 37.6. The van der Waals surface area contributed by atoms with Crippen molar-refractivity contribution >= 4 is 5.91 Å². The SMILES string of the molecule is Cn1c(=O)ccn(CC(=O)N2CC(O)CC2c2ccc(F)cc2)c1=O. The molecule has 2 atom stereocenters. The number of hydrogen-bond donors (Lipinski definition) is 1. The molecule has 0 aliphatic carbocycles. The average molecular weight is 347 g/mol. The number of likely N-dealkylation sites (tertiary alicyclic amines) is 1. The molecule has 1 aliphatic rings. The summed E-state index contributed by atoms with van der Waals surface area (Å²) < 4.78 is 15.2. The number of amides is 1. The molecule has 132 valence electrons. The van der Waals surface area contributed by atoms with Gasteiger partial charge in [-0.2, -0.15) is 0 Å². The summed E-state index contributed by atoms with van der Waals surface area (Å²) in [6.45, 7) is -0.0985. The summed E-state index contributed by atoms with van der Waals surface area (Å²) in [6, 6.07) is 6.60. The highest BCUT2D eigenvalue weighted by Crippen LogP contribution is 2.32. The topological polar surface area (TPSA) is 84.5 Å². The number of rotatable bonds is 3. The Morgan fingerprint density at radius 1 is 1.24 bits per heavy atom. The minimum atomic E-state index is -0.684. The predicted molar refractivity (Wildman–Crippen MR) is 87.4 cm³/mol. The Kier molecular flexibility index (Phi) is 4.54. The first kappa shape index (κ1) is 17.1. The monoisotopic (exact) mass is 347 g/mol. The van der Waals surface area contributed by atoms with Gasteiger partial charge < -0.3 is 10.0 Å². The number of hydrogen-bond acceptors (Lipinski definition) is 4. The first-order chi connectivity index (χ1) is 11.9. The molecule has 1 saturated heterocycles. The number of benzene rings is 1. The van der Waals surface area contributed by atoms with Gasteiger partial charge in [-0.3, -0.25) is 18.7 Å². The standard InChI is InChI=1S/C17H18FN3O4/c1-19-15(23)6-7-20(17(19)25)10-16(24)21-9-13(22)8-14(21)11-2-4-12(18)5-3-11/h2-7,13-14,22H,8-10H2,1H3. The molecule has 8 heteroatoms. The Labute approximate surface area is 142 Å². The number of aliphatic hydroxyl groups excluding tert-OH is 1. The molecule has 25 heavy (non-hydrogen) atoms. The molecular weight excluding hydrogens is 329 g/mol. The van der Waals surface area contributed by atoms with E-state index in [9.17, 15) is 23.9 Å². The van der Waals surface area contributed by atoms with E-state index in [0.29, 0.717) is 6.42 Å². The molecule has 1 aromatic carbocycles. The molecule has 2 unspecified atom stereocenters. The second kappa shape index (κ2) is 6.64. The van der Waals surface area contributed by atoms with Crippen LogP contribution < -0.4 is 11.2 Å². The van der Waals surface area contributed by atoms with Crippen molar-refractivity contribution in [1.82, 2.24) is 14.0 Å². The Bertz CT molecular complexity index is 903. The van der Waals surface area contributed by atoms with E-state index in [1.807, 2.05) is 0 Å². The third kappa shape index (κ3) is 3.39. The molecule has 7 nitrogen and oxygen atoms in total. The quantitative estimate of drug-likeness (QED) is 0.848. The molecule has 0 bridgehead atoms. The summed E-state index contributed by atoms with van der Waals surface area (Å²) in [7, 11) is 1.34. The van der Waals surface area contributed by atoms with Crippen LogP contribution in [0.4, 0.5) is 4.39 Å². The van der Waals surface area contributed by atoms with E-state index in [-0.39, 0.29) is 30.9 Å². The maximum absolute atomic E-state index is 13.1. The zero-order valence-electron chi connectivity index (χ0n) is 13.6. The van der Waals surface area contributed by atoms with Gasteiger partial charge in [-0.1, -0.05) is 12.1 Å². The van der Waals surface area contributed by atoms with Gasteiger partial charge in [-0.05, 0) is 24.1 Å². The van der Waals surface area contributed by atoms with Crippen LogP contribution in [0.5, 0.6) is 0 Å². The van der Waals surface area contributed by atoms with Gasteiger partial charge in [0.1, 0.15) is 12.4 Å². The number of carbonyl (C=O) groups is 1. The van der Waals surface area contributed by atoms with Crippen molar-refractivity contribution in [2.24, 2.45) is 7.05 Å². The van der Waals surface area contributed by atoms with Crippen LogP contribution >= 0.6 is 0 Å². The maximum atomic E-state index is 13.1. The molecule has 0 radical (unpaired) electrons. The highest BCUT2D eigenvalue weighted by molar-refractivity contribution is 5.77. The lowest BCUT2D eigenvalue weighted by molar-refractivity contribution is -0.133. The van der Waals surface area contributed by atoms with Crippen LogP contribution in [0.2, 0.25) is 0 Å². The minimum Gasteiger partial charge on any atom is -0.391 e. The van der Waals surface area contributed by atoms with Crippen molar-refractivity contribution in [3.8, 4) is 0 Å². The van der Waals surface area contributed by atoms with Crippen LogP contribution in [0.3, 0.4) is 0 Å². The lowest BCUT2D eigenvalue weighted by Gasteiger charge is -2.25. The molecule has 2 aromatic rings. The van der Waals surface area contributed by atoms with Gasteiger partial charge in [0.25, 0.3) is 5.56 Å². The van der Waals surface area contributed by atoms with Crippen LogP contribution in [0.1, 0.15) is 18.0 Å². The van der Waals surface area contributed by atoms with Gasteiger partial charge >= 0.3 is 5.69 Å². The van der Waals surface area contributed by atoms with Crippen molar-refractivity contribution < 1.29 is 14.3 Å². The minimum absolute atomic E-state index is 0.140.